The van der Waals surface area contributed by atoms with Gasteiger partial charge in [0.25, 0.3) is 0 Å². The number of benzene rings is 8. The fraction of sp³-hybridized carbons (Fsp3) is 0. The summed E-state index contributed by atoms with van der Waals surface area (Å²) in [6.45, 7) is 0. The van der Waals surface area contributed by atoms with Gasteiger partial charge in [0.15, 0.2) is 11.2 Å². The van der Waals surface area contributed by atoms with Gasteiger partial charge in [0.2, 0.25) is 0 Å². The van der Waals surface area contributed by atoms with Crippen molar-refractivity contribution in [3.63, 3.8) is 0 Å². The lowest BCUT2D eigenvalue weighted by molar-refractivity contribution is 0.574. The van der Waals surface area contributed by atoms with Crippen molar-refractivity contribution in [2.24, 2.45) is 0 Å². The number of aromatic nitrogens is 4. The van der Waals surface area contributed by atoms with Gasteiger partial charge in [0, 0.05) is 61.9 Å². The summed E-state index contributed by atoms with van der Waals surface area (Å²) in [6, 6.07) is 57.0. The predicted molar refractivity (Wildman–Crippen MR) is 241 cm³/mol. The molecule has 0 aliphatic carbocycles. The molecule has 0 bridgehead atoms. The molecular weight excluding hydrogens is 753 g/mol. The van der Waals surface area contributed by atoms with Crippen molar-refractivity contribution in [2.45, 2.75) is 0 Å². The monoisotopic (exact) mass is 778 g/mol. The van der Waals surface area contributed by atoms with Gasteiger partial charge >= 0.3 is 12.0 Å². The average Bonchev–Trinajstić information content (AvgIpc) is 4.11. The minimum Gasteiger partial charge on any atom is -0.423 e. The van der Waals surface area contributed by atoms with E-state index in [0.29, 0.717) is 12.0 Å². The summed E-state index contributed by atoms with van der Waals surface area (Å²) >= 11 is 3.67. The van der Waals surface area contributed by atoms with Gasteiger partial charge in [-0.2, -0.15) is 9.97 Å². The maximum atomic E-state index is 6.60. The highest BCUT2D eigenvalue weighted by Gasteiger charge is 2.23. The van der Waals surface area contributed by atoms with Crippen LogP contribution >= 0.6 is 22.7 Å². The fourth-order valence-corrected chi connectivity index (χ4v) is 11.6. The molecule has 8 heteroatoms. The van der Waals surface area contributed by atoms with Crippen LogP contribution in [0.15, 0.2) is 167 Å². The molecule has 0 amide bonds. The number of rotatable bonds is 3. The van der Waals surface area contributed by atoms with E-state index in [-0.39, 0.29) is 0 Å². The number of fused-ring (bicyclic) bond motifs is 16. The van der Waals surface area contributed by atoms with Crippen molar-refractivity contribution in [1.29, 1.82) is 0 Å². The van der Waals surface area contributed by atoms with E-state index in [1.54, 1.807) is 0 Å². The van der Waals surface area contributed by atoms with Gasteiger partial charge in [-0.3, -0.25) is 9.13 Å². The molecule has 8 aromatic carbocycles. The summed E-state index contributed by atoms with van der Waals surface area (Å²) in [7, 11) is 0. The molecule has 58 heavy (non-hydrogen) atoms. The first-order valence-electron chi connectivity index (χ1n) is 19.2. The Hall–Kier alpha value is -7.26. The van der Waals surface area contributed by atoms with Crippen molar-refractivity contribution < 1.29 is 8.83 Å². The Labute approximate surface area is 336 Å². The fourth-order valence-electron chi connectivity index (χ4n) is 9.28. The zero-order valence-electron chi connectivity index (χ0n) is 30.4. The Bertz CT molecular complexity index is 4030. The third kappa shape index (κ3) is 4.09. The number of para-hydroxylation sites is 3. The number of hydrogen-bond donors (Lipinski definition) is 0. The highest BCUT2D eigenvalue weighted by molar-refractivity contribution is 7.27. The van der Waals surface area contributed by atoms with E-state index < -0.39 is 0 Å². The zero-order chi connectivity index (χ0) is 37.6. The second-order valence-corrected chi connectivity index (χ2v) is 17.1. The number of nitrogens with zero attached hydrogens (tertiary/aromatic N) is 4. The Morgan fingerprint density at radius 3 is 1.95 bits per heavy atom. The van der Waals surface area contributed by atoms with Crippen molar-refractivity contribution in [1.82, 2.24) is 19.1 Å². The maximum absolute atomic E-state index is 6.60. The third-order valence-corrected chi connectivity index (χ3v) is 14.2. The van der Waals surface area contributed by atoms with Crippen LogP contribution in [0.2, 0.25) is 0 Å². The molecule has 0 aliphatic rings. The molecule has 6 aromatic heterocycles. The lowest BCUT2D eigenvalue weighted by Gasteiger charge is -2.05. The topological polar surface area (TPSA) is 61.9 Å². The SMILES string of the molecule is c1ccc2oc(-n3c4ccc(-c5ccc6oc(-n7c8ccccc8c8c9sc%10ccccc%10c9ccc87)nc6c5)cc4c4ccc5sc6ccccc6c5c43)nc2c1. The van der Waals surface area contributed by atoms with Crippen molar-refractivity contribution >= 4 is 129 Å². The molecule has 0 spiro atoms. The summed E-state index contributed by atoms with van der Waals surface area (Å²) in [5.41, 5.74) is 9.60. The standard InChI is InChI=1S/C50H26N4O2S2/c1-5-13-37-32(10-1)45-39(22-19-31-29-9-2-7-15-42(29)58-48(31)45)53(37)49-52-36-26-28(18-23-41(36)56-49)27-17-21-38-34(25-27)30-20-24-44-46(33-11-3-8-16-43(33)57-44)47(30)54(38)50-51-35-12-4-6-14-40(35)55-50/h1-26H. The van der Waals surface area contributed by atoms with E-state index in [2.05, 4.69) is 137 Å². The Morgan fingerprint density at radius 2 is 1.05 bits per heavy atom. The first-order valence-corrected chi connectivity index (χ1v) is 20.9. The Morgan fingerprint density at radius 1 is 0.397 bits per heavy atom. The second-order valence-electron chi connectivity index (χ2n) is 14.9. The van der Waals surface area contributed by atoms with Gasteiger partial charge in [-0.05, 0) is 77.9 Å². The highest BCUT2D eigenvalue weighted by atomic mass is 32.1. The average molecular weight is 779 g/mol. The van der Waals surface area contributed by atoms with Crippen molar-refractivity contribution in [2.75, 3.05) is 0 Å². The highest BCUT2D eigenvalue weighted by Crippen LogP contribution is 2.46. The quantitative estimate of drug-likeness (QED) is 0.179. The molecule has 0 fully saturated rings. The van der Waals surface area contributed by atoms with Crippen LogP contribution < -0.4 is 0 Å². The van der Waals surface area contributed by atoms with Crippen LogP contribution in [-0.2, 0) is 0 Å². The van der Waals surface area contributed by atoms with Gasteiger partial charge in [0.05, 0.1) is 22.1 Å². The summed E-state index contributed by atoms with van der Waals surface area (Å²) in [6.07, 6.45) is 0. The largest absolute Gasteiger partial charge is 0.423 e. The summed E-state index contributed by atoms with van der Waals surface area (Å²) in [5, 5.41) is 9.72. The maximum Gasteiger partial charge on any atom is 0.307 e. The Kier molecular flexibility index (Phi) is 5.96. The molecule has 0 N–H and O–H groups in total. The molecule has 6 nitrogen and oxygen atoms in total. The van der Waals surface area contributed by atoms with Gasteiger partial charge in [-0.15, -0.1) is 22.7 Å². The minimum absolute atomic E-state index is 0.558. The van der Waals surface area contributed by atoms with Crippen LogP contribution in [0, 0.1) is 0 Å². The number of oxazole rings is 2. The molecule has 0 saturated heterocycles. The minimum atomic E-state index is 0.558. The first kappa shape index (κ1) is 30.9. The zero-order valence-corrected chi connectivity index (χ0v) is 32.1. The van der Waals surface area contributed by atoms with E-state index in [1.807, 2.05) is 53.0 Å². The van der Waals surface area contributed by atoms with E-state index in [9.17, 15) is 0 Å². The summed E-state index contributed by atoms with van der Waals surface area (Å²) in [4.78, 5) is 10.2. The van der Waals surface area contributed by atoms with Crippen molar-refractivity contribution in [3.05, 3.63) is 158 Å². The molecule has 0 atom stereocenters. The van der Waals surface area contributed by atoms with E-state index in [4.69, 9.17) is 18.8 Å². The number of hydrogen-bond acceptors (Lipinski definition) is 6. The lowest BCUT2D eigenvalue weighted by atomic mass is 10.0. The molecule has 0 aliphatic heterocycles. The van der Waals surface area contributed by atoms with Crippen LogP contribution in [0.5, 0.6) is 0 Å². The van der Waals surface area contributed by atoms with Crippen LogP contribution in [-0.4, -0.2) is 19.1 Å². The molecule has 270 valence electrons. The lowest BCUT2D eigenvalue weighted by Crippen LogP contribution is -1.94. The molecule has 0 radical (unpaired) electrons. The van der Waals surface area contributed by atoms with Crippen LogP contribution in [0.1, 0.15) is 0 Å². The van der Waals surface area contributed by atoms with Crippen LogP contribution in [0.4, 0.5) is 0 Å². The summed E-state index contributed by atoms with van der Waals surface area (Å²) in [5.74, 6) is 0. The van der Waals surface area contributed by atoms with E-state index in [0.717, 1.165) is 66.2 Å². The van der Waals surface area contributed by atoms with E-state index in [1.165, 1.54) is 51.1 Å². The number of thiophene rings is 2. The van der Waals surface area contributed by atoms with Gasteiger partial charge < -0.3 is 8.83 Å². The molecule has 6 heterocycles. The second kappa shape index (κ2) is 11.2. The van der Waals surface area contributed by atoms with Crippen LogP contribution in [0.25, 0.3) is 129 Å². The smallest absolute Gasteiger partial charge is 0.307 e. The van der Waals surface area contributed by atoms with Gasteiger partial charge in [0.1, 0.15) is 11.0 Å². The summed E-state index contributed by atoms with van der Waals surface area (Å²) < 4.78 is 22.5. The molecular formula is C50H26N4O2S2. The molecule has 0 saturated carbocycles. The first-order chi connectivity index (χ1) is 28.7. The van der Waals surface area contributed by atoms with Crippen molar-refractivity contribution in [3.8, 4) is 23.2 Å². The Balaban J connectivity index is 0.964. The van der Waals surface area contributed by atoms with E-state index >= 15 is 0 Å². The molecule has 14 aromatic rings. The third-order valence-electron chi connectivity index (χ3n) is 11.8. The molecule has 0 unspecified atom stereocenters. The van der Waals surface area contributed by atoms with Gasteiger partial charge in [-0.25, -0.2) is 0 Å². The molecule has 14 rings (SSSR count). The van der Waals surface area contributed by atoms with Gasteiger partial charge in [-0.1, -0.05) is 91.0 Å². The normalized spacial score (nSPS) is 12.5. The predicted octanol–water partition coefficient (Wildman–Crippen LogP) is 14.6. The van der Waals surface area contributed by atoms with Crippen LogP contribution in [0.3, 0.4) is 0 Å².